The molecular weight excluding hydrogens is 157 g/mol. The van der Waals surface area contributed by atoms with Crippen molar-refractivity contribution in [3.8, 4) is 0 Å². The van der Waals surface area contributed by atoms with Crippen LogP contribution in [0.15, 0.2) is 0 Å². The second-order valence-electron chi connectivity index (χ2n) is 1.71. The van der Waals surface area contributed by atoms with Crippen LogP contribution >= 0.6 is 0 Å². The first-order valence-electron chi connectivity index (χ1n) is 2.59. The predicted molar refractivity (Wildman–Crippen MR) is 26.0 cm³/mol. The van der Waals surface area contributed by atoms with Gasteiger partial charge in [-0.25, -0.2) is 0 Å². The van der Waals surface area contributed by atoms with Crippen LogP contribution in [-0.4, -0.2) is 13.1 Å². The van der Waals surface area contributed by atoms with Crippen LogP contribution in [-0.2, 0) is 27.8 Å². The summed E-state index contributed by atoms with van der Waals surface area (Å²) in [6.07, 6.45) is 0. The first-order valence-corrected chi connectivity index (χ1v) is 4.69. The number of carbonyl (C=O) groups excluding carboxylic acids is 1. The van der Waals surface area contributed by atoms with E-state index in [-0.39, 0.29) is 11.9 Å². The quantitative estimate of drug-likeness (QED) is 0.447. The van der Waals surface area contributed by atoms with Gasteiger partial charge >= 0.3 is 58.8 Å². The summed E-state index contributed by atoms with van der Waals surface area (Å²) in [4.78, 5) is 10.5. The van der Waals surface area contributed by atoms with E-state index in [9.17, 15) is 4.79 Å². The maximum atomic E-state index is 10.5. The van der Waals surface area contributed by atoms with Gasteiger partial charge in [-0.2, -0.15) is 0 Å². The molecule has 0 saturated heterocycles. The monoisotopic (exact) mass is 165 g/mol. The Morgan fingerprint density at radius 2 is 2.38 bits per heavy atom. The fraction of sp³-hybridized carbons (Fsp3) is 0.800. The molecular formula is C5H9O2Zn+. The molecule has 0 aromatic carbocycles. The predicted octanol–water partition coefficient (Wildman–Crippen LogP) is 0.761. The van der Waals surface area contributed by atoms with E-state index in [0.717, 1.165) is 23.3 Å². The van der Waals surface area contributed by atoms with Crippen molar-refractivity contribution >= 4 is 5.97 Å². The zero-order valence-electron chi connectivity index (χ0n) is 5.31. The molecule has 3 heteroatoms. The summed E-state index contributed by atoms with van der Waals surface area (Å²) in [6.45, 7) is 1.88. The summed E-state index contributed by atoms with van der Waals surface area (Å²) in [7, 11) is 1.43. The number of esters is 1. The average molecular weight is 167 g/mol. The maximum absolute atomic E-state index is 10.5. The molecule has 0 aliphatic heterocycles. The minimum absolute atomic E-state index is 0.0868. The molecule has 0 spiro atoms. The standard InChI is InChI=1S/C5H9O2.Zn/c1-4(2)5(6)7-3;/h4H,1H2,2-3H3;/q;+1/t4-;/m1./s1. The number of hydrogen-bond acceptors (Lipinski definition) is 2. The van der Waals surface area contributed by atoms with Crippen molar-refractivity contribution in [2.24, 2.45) is 5.92 Å². The fourth-order valence-electron chi connectivity index (χ4n) is 0.319. The van der Waals surface area contributed by atoms with Crippen molar-refractivity contribution in [3.05, 3.63) is 0 Å². The molecule has 0 radical (unpaired) electrons. The number of methoxy groups -OCH3 is 1. The Bertz CT molecular complexity index is 82.5. The Morgan fingerprint density at radius 1 is 1.88 bits per heavy atom. The molecule has 0 saturated carbocycles. The zero-order valence-corrected chi connectivity index (χ0v) is 8.28. The van der Waals surface area contributed by atoms with Crippen LogP contribution in [0.25, 0.3) is 0 Å². The number of carbonyl (C=O) groups is 1. The first-order chi connectivity index (χ1) is 3.72. The SMILES string of the molecule is COC(=O)[C@@H](C)[CH2][Zn+]. The van der Waals surface area contributed by atoms with Crippen molar-refractivity contribution < 1.29 is 27.8 Å². The molecule has 0 aliphatic rings. The van der Waals surface area contributed by atoms with Crippen LogP contribution in [0.2, 0.25) is 5.02 Å². The van der Waals surface area contributed by atoms with Gasteiger partial charge in [-0.15, -0.1) is 0 Å². The second kappa shape index (κ2) is 4.02. The summed E-state index contributed by atoms with van der Waals surface area (Å²) in [5.74, 6) is 0.0243. The topological polar surface area (TPSA) is 26.3 Å². The fourth-order valence-corrected chi connectivity index (χ4v) is 0.814. The Labute approximate surface area is 59.3 Å². The molecule has 0 fully saturated rings. The molecule has 0 aliphatic carbocycles. The van der Waals surface area contributed by atoms with Crippen molar-refractivity contribution in [2.45, 2.75) is 11.9 Å². The van der Waals surface area contributed by atoms with Crippen LogP contribution in [0.4, 0.5) is 0 Å². The molecule has 0 rings (SSSR count). The molecule has 0 amide bonds. The summed E-state index contributed by atoms with van der Waals surface area (Å²) in [5, 5.41) is 0.979. The van der Waals surface area contributed by atoms with E-state index in [1.807, 2.05) is 6.92 Å². The van der Waals surface area contributed by atoms with Gasteiger partial charge in [-0.3, -0.25) is 0 Å². The molecule has 0 aromatic rings. The van der Waals surface area contributed by atoms with Crippen LogP contribution < -0.4 is 0 Å². The molecule has 0 unspecified atom stereocenters. The molecule has 0 aromatic heterocycles. The van der Waals surface area contributed by atoms with Gasteiger partial charge in [-0.05, 0) is 0 Å². The van der Waals surface area contributed by atoms with E-state index in [0.29, 0.717) is 0 Å². The average Bonchev–Trinajstić information content (AvgIpc) is 1.84. The minimum atomic E-state index is -0.0868. The Hall–Kier alpha value is 0.0934. The van der Waals surface area contributed by atoms with Crippen molar-refractivity contribution in [1.29, 1.82) is 0 Å². The summed E-state index contributed by atoms with van der Waals surface area (Å²) in [5.41, 5.74) is 0. The molecule has 8 heavy (non-hydrogen) atoms. The van der Waals surface area contributed by atoms with Crippen molar-refractivity contribution in [1.82, 2.24) is 0 Å². The van der Waals surface area contributed by atoms with E-state index in [1.54, 1.807) is 0 Å². The van der Waals surface area contributed by atoms with E-state index in [2.05, 4.69) is 4.74 Å². The first kappa shape index (κ1) is 8.09. The Morgan fingerprint density at radius 3 is 2.50 bits per heavy atom. The third-order valence-corrected chi connectivity index (χ3v) is 2.85. The van der Waals surface area contributed by atoms with Gasteiger partial charge in [0.1, 0.15) is 0 Å². The third kappa shape index (κ3) is 2.41. The zero-order chi connectivity index (χ0) is 6.57. The second-order valence-corrected chi connectivity index (χ2v) is 2.92. The van der Waals surface area contributed by atoms with Crippen LogP contribution in [0, 0.1) is 5.92 Å². The Kier molecular flexibility index (Phi) is 4.07. The molecule has 1 atom stereocenters. The van der Waals surface area contributed by atoms with Gasteiger partial charge in [0.05, 0.1) is 0 Å². The van der Waals surface area contributed by atoms with E-state index in [1.165, 1.54) is 7.11 Å². The molecule has 0 bridgehead atoms. The molecule has 2 nitrogen and oxygen atoms in total. The van der Waals surface area contributed by atoms with Gasteiger partial charge < -0.3 is 0 Å². The van der Waals surface area contributed by atoms with E-state index in [4.69, 9.17) is 0 Å². The van der Waals surface area contributed by atoms with Crippen LogP contribution in [0.5, 0.6) is 0 Å². The van der Waals surface area contributed by atoms with E-state index >= 15 is 0 Å². The van der Waals surface area contributed by atoms with Gasteiger partial charge in [-0.1, -0.05) is 0 Å². The number of ether oxygens (including phenoxy) is 1. The van der Waals surface area contributed by atoms with Gasteiger partial charge in [0.25, 0.3) is 0 Å². The molecule has 42 valence electrons. The number of hydrogen-bond donors (Lipinski definition) is 0. The molecule has 0 N–H and O–H groups in total. The van der Waals surface area contributed by atoms with Crippen molar-refractivity contribution in [2.75, 3.05) is 7.11 Å². The number of rotatable bonds is 2. The Balaban J connectivity index is 3.46. The van der Waals surface area contributed by atoms with Gasteiger partial charge in [0.15, 0.2) is 0 Å². The van der Waals surface area contributed by atoms with E-state index < -0.39 is 0 Å². The summed E-state index contributed by atoms with van der Waals surface area (Å²) < 4.78 is 4.48. The third-order valence-electron chi connectivity index (χ3n) is 1.04. The van der Waals surface area contributed by atoms with Gasteiger partial charge in [0, 0.05) is 0 Å². The van der Waals surface area contributed by atoms with Crippen LogP contribution in [0.3, 0.4) is 0 Å². The van der Waals surface area contributed by atoms with Crippen molar-refractivity contribution in [3.63, 3.8) is 0 Å². The summed E-state index contributed by atoms with van der Waals surface area (Å²) >= 11 is 1.16. The molecule has 0 heterocycles. The van der Waals surface area contributed by atoms with Crippen LogP contribution in [0.1, 0.15) is 6.92 Å². The summed E-state index contributed by atoms with van der Waals surface area (Å²) in [6, 6.07) is 0. The normalized spacial score (nSPS) is 13.0. The van der Waals surface area contributed by atoms with Gasteiger partial charge in [0.2, 0.25) is 0 Å².